The molecule has 2 aromatic heterocycles. The van der Waals surface area contributed by atoms with Crippen molar-refractivity contribution in [3.05, 3.63) is 65.1 Å². The summed E-state index contributed by atoms with van der Waals surface area (Å²) in [5.41, 5.74) is 3.12. The lowest BCUT2D eigenvalue weighted by molar-refractivity contribution is 0.0697. The van der Waals surface area contributed by atoms with Crippen LogP contribution in [-0.4, -0.2) is 25.7 Å². The molecule has 20 heavy (non-hydrogen) atoms. The van der Waals surface area contributed by atoms with E-state index < -0.39 is 5.97 Å². The van der Waals surface area contributed by atoms with Crippen LogP contribution in [0, 0.1) is 6.92 Å². The SMILES string of the molecule is Cc1ccc(Cc2nnc3cc(C(=O)O)ccn23)cc1. The highest BCUT2D eigenvalue weighted by atomic mass is 16.4. The Hall–Kier alpha value is -2.69. The number of carboxylic acids is 1. The van der Waals surface area contributed by atoms with Crippen LogP contribution in [0.2, 0.25) is 0 Å². The van der Waals surface area contributed by atoms with Crippen LogP contribution in [0.25, 0.3) is 5.65 Å². The van der Waals surface area contributed by atoms with E-state index in [0.29, 0.717) is 12.1 Å². The monoisotopic (exact) mass is 267 g/mol. The second kappa shape index (κ2) is 4.77. The minimum Gasteiger partial charge on any atom is -0.478 e. The average molecular weight is 267 g/mol. The minimum absolute atomic E-state index is 0.215. The number of hydrogen-bond donors (Lipinski definition) is 1. The smallest absolute Gasteiger partial charge is 0.335 e. The molecule has 0 fully saturated rings. The van der Waals surface area contributed by atoms with Crippen molar-refractivity contribution in [3.8, 4) is 0 Å². The molecule has 1 aromatic carbocycles. The zero-order chi connectivity index (χ0) is 14.1. The second-order valence-electron chi connectivity index (χ2n) is 4.73. The number of rotatable bonds is 3. The van der Waals surface area contributed by atoms with E-state index in [9.17, 15) is 4.79 Å². The first-order chi connectivity index (χ1) is 9.63. The summed E-state index contributed by atoms with van der Waals surface area (Å²) in [6.45, 7) is 2.05. The molecular formula is C15H13N3O2. The van der Waals surface area contributed by atoms with Crippen LogP contribution in [0.1, 0.15) is 27.3 Å². The van der Waals surface area contributed by atoms with E-state index >= 15 is 0 Å². The number of nitrogens with zero attached hydrogens (tertiary/aromatic N) is 3. The molecule has 3 aromatic rings. The standard InChI is InChI=1S/C15H13N3O2/c1-10-2-4-11(5-3-10)8-13-16-17-14-9-12(15(19)20)6-7-18(13)14/h2-7,9H,8H2,1H3,(H,19,20). The first kappa shape index (κ1) is 12.3. The summed E-state index contributed by atoms with van der Waals surface area (Å²) in [6, 6.07) is 11.3. The number of aromatic carboxylic acids is 1. The lowest BCUT2D eigenvalue weighted by Gasteiger charge is -2.02. The van der Waals surface area contributed by atoms with E-state index in [1.54, 1.807) is 12.3 Å². The van der Waals surface area contributed by atoms with Crippen LogP contribution < -0.4 is 0 Å². The third-order valence-electron chi connectivity index (χ3n) is 3.21. The maximum Gasteiger partial charge on any atom is 0.335 e. The predicted molar refractivity (Wildman–Crippen MR) is 73.9 cm³/mol. The van der Waals surface area contributed by atoms with Crippen LogP contribution in [0.4, 0.5) is 0 Å². The van der Waals surface area contributed by atoms with Gasteiger partial charge in [-0.3, -0.25) is 4.40 Å². The number of carboxylic acid groups (broad SMARTS) is 1. The molecule has 0 aliphatic heterocycles. The van der Waals surface area contributed by atoms with Crippen molar-refractivity contribution in [2.24, 2.45) is 0 Å². The molecule has 0 amide bonds. The molecule has 0 aliphatic carbocycles. The summed E-state index contributed by atoms with van der Waals surface area (Å²) in [5, 5.41) is 17.1. The Bertz CT molecular complexity index is 775. The second-order valence-corrected chi connectivity index (χ2v) is 4.73. The molecule has 0 atom stereocenters. The molecule has 0 radical (unpaired) electrons. The number of aryl methyl sites for hydroxylation is 1. The van der Waals surface area contributed by atoms with Gasteiger partial charge in [0.05, 0.1) is 5.56 Å². The molecule has 100 valence electrons. The maximum absolute atomic E-state index is 10.9. The Morgan fingerprint density at radius 1 is 1.20 bits per heavy atom. The van der Waals surface area contributed by atoms with Crippen LogP contribution in [0.15, 0.2) is 42.6 Å². The van der Waals surface area contributed by atoms with Crippen LogP contribution >= 0.6 is 0 Å². The molecule has 0 unspecified atom stereocenters. The molecule has 2 heterocycles. The van der Waals surface area contributed by atoms with Gasteiger partial charge in [-0.2, -0.15) is 0 Å². The Morgan fingerprint density at radius 2 is 1.95 bits per heavy atom. The topological polar surface area (TPSA) is 67.5 Å². The van der Waals surface area contributed by atoms with Gasteiger partial charge in [-0.1, -0.05) is 29.8 Å². The largest absolute Gasteiger partial charge is 0.478 e. The summed E-state index contributed by atoms with van der Waals surface area (Å²) in [5.74, 6) is -0.170. The lowest BCUT2D eigenvalue weighted by Crippen LogP contribution is -2.00. The van der Waals surface area contributed by atoms with Crippen molar-refractivity contribution in [3.63, 3.8) is 0 Å². The van der Waals surface area contributed by atoms with Gasteiger partial charge in [-0.05, 0) is 24.6 Å². The third kappa shape index (κ3) is 2.25. The van der Waals surface area contributed by atoms with E-state index in [1.807, 2.05) is 11.3 Å². The van der Waals surface area contributed by atoms with Gasteiger partial charge in [0.25, 0.3) is 0 Å². The fourth-order valence-electron chi connectivity index (χ4n) is 2.08. The van der Waals surface area contributed by atoms with Gasteiger partial charge in [0.1, 0.15) is 5.82 Å². The van der Waals surface area contributed by atoms with Gasteiger partial charge in [0.15, 0.2) is 5.65 Å². The van der Waals surface area contributed by atoms with Gasteiger partial charge in [-0.15, -0.1) is 10.2 Å². The van der Waals surface area contributed by atoms with E-state index in [1.165, 1.54) is 11.6 Å². The minimum atomic E-state index is -0.962. The molecule has 5 nitrogen and oxygen atoms in total. The average Bonchev–Trinajstić information content (AvgIpc) is 2.84. The van der Waals surface area contributed by atoms with Gasteiger partial charge in [0.2, 0.25) is 0 Å². The lowest BCUT2D eigenvalue weighted by atomic mass is 10.1. The van der Waals surface area contributed by atoms with Gasteiger partial charge < -0.3 is 5.11 Å². The number of pyridine rings is 1. The molecule has 1 N–H and O–H groups in total. The van der Waals surface area contributed by atoms with Crippen LogP contribution in [0.5, 0.6) is 0 Å². The first-order valence-electron chi connectivity index (χ1n) is 6.26. The Morgan fingerprint density at radius 3 is 2.65 bits per heavy atom. The summed E-state index contributed by atoms with van der Waals surface area (Å²) in [7, 11) is 0. The number of fused-ring (bicyclic) bond motifs is 1. The summed E-state index contributed by atoms with van der Waals surface area (Å²) in [4.78, 5) is 10.9. The number of benzene rings is 1. The molecule has 0 bridgehead atoms. The van der Waals surface area contributed by atoms with Crippen molar-refractivity contribution < 1.29 is 9.90 Å². The Balaban J connectivity index is 1.96. The molecule has 5 heteroatoms. The van der Waals surface area contributed by atoms with Crippen molar-refractivity contribution >= 4 is 11.6 Å². The molecule has 3 rings (SSSR count). The van der Waals surface area contributed by atoms with Gasteiger partial charge in [-0.25, -0.2) is 4.79 Å². The normalized spacial score (nSPS) is 10.8. The number of hydrogen-bond acceptors (Lipinski definition) is 3. The van der Waals surface area contributed by atoms with Crippen molar-refractivity contribution in [1.29, 1.82) is 0 Å². The zero-order valence-electron chi connectivity index (χ0n) is 10.9. The fourth-order valence-corrected chi connectivity index (χ4v) is 2.08. The molecule has 0 saturated heterocycles. The zero-order valence-corrected chi connectivity index (χ0v) is 10.9. The quantitative estimate of drug-likeness (QED) is 0.790. The molecule has 0 spiro atoms. The maximum atomic E-state index is 10.9. The van der Waals surface area contributed by atoms with Gasteiger partial charge >= 0.3 is 5.97 Å². The Labute approximate surface area is 115 Å². The summed E-state index contributed by atoms with van der Waals surface area (Å²) in [6.07, 6.45) is 2.36. The highest BCUT2D eigenvalue weighted by Crippen LogP contribution is 2.12. The van der Waals surface area contributed by atoms with Crippen molar-refractivity contribution in [2.45, 2.75) is 13.3 Å². The predicted octanol–water partition coefficient (Wildman–Crippen LogP) is 2.33. The van der Waals surface area contributed by atoms with Crippen LogP contribution in [-0.2, 0) is 6.42 Å². The number of carbonyl (C=O) groups is 1. The third-order valence-corrected chi connectivity index (χ3v) is 3.21. The molecule has 0 saturated carbocycles. The van der Waals surface area contributed by atoms with E-state index in [4.69, 9.17) is 5.11 Å². The Kier molecular flexibility index (Phi) is 2.95. The van der Waals surface area contributed by atoms with E-state index in [-0.39, 0.29) is 5.56 Å². The number of aromatic nitrogens is 3. The van der Waals surface area contributed by atoms with E-state index in [0.717, 1.165) is 11.4 Å². The molecule has 0 aliphatic rings. The van der Waals surface area contributed by atoms with E-state index in [2.05, 4.69) is 34.5 Å². The van der Waals surface area contributed by atoms with Crippen LogP contribution in [0.3, 0.4) is 0 Å². The summed E-state index contributed by atoms with van der Waals surface area (Å²) < 4.78 is 1.81. The molecular weight excluding hydrogens is 254 g/mol. The highest BCUT2D eigenvalue weighted by molar-refractivity contribution is 5.88. The summed E-state index contributed by atoms with van der Waals surface area (Å²) >= 11 is 0. The van der Waals surface area contributed by atoms with Gasteiger partial charge in [0, 0.05) is 12.6 Å². The van der Waals surface area contributed by atoms with Crippen molar-refractivity contribution in [2.75, 3.05) is 0 Å². The fraction of sp³-hybridized carbons (Fsp3) is 0.133. The van der Waals surface area contributed by atoms with Crippen molar-refractivity contribution in [1.82, 2.24) is 14.6 Å². The highest BCUT2D eigenvalue weighted by Gasteiger charge is 2.09. The first-order valence-corrected chi connectivity index (χ1v) is 6.26.